The Hall–Kier alpha value is -2.48. The third-order valence-electron chi connectivity index (χ3n) is 5.16. The highest BCUT2D eigenvalue weighted by Gasteiger charge is 2.26. The number of ether oxygens (including phenoxy) is 1. The number of thiazole rings is 1. The highest BCUT2D eigenvalue weighted by atomic mass is 35.5. The van der Waals surface area contributed by atoms with Crippen molar-refractivity contribution in [2.45, 2.75) is 45.6 Å². The number of carbonyl (C=O) groups is 2. The third-order valence-corrected chi connectivity index (χ3v) is 7.97. The lowest BCUT2D eigenvalue weighted by atomic mass is 9.98. The Morgan fingerprint density at radius 3 is 2.76 bits per heavy atom. The number of rotatable bonds is 6. The van der Waals surface area contributed by atoms with Crippen LogP contribution in [0.4, 0.5) is 0 Å². The van der Waals surface area contributed by atoms with Gasteiger partial charge in [0, 0.05) is 33.7 Å². The van der Waals surface area contributed by atoms with Crippen LogP contribution in [0.3, 0.4) is 0 Å². The molecular weight excluding hydrogens is 476 g/mol. The number of hydrogen-bond acceptors (Lipinski definition) is 6. The van der Waals surface area contributed by atoms with Gasteiger partial charge in [0.05, 0.1) is 27.1 Å². The quantitative estimate of drug-likeness (QED) is 0.325. The van der Waals surface area contributed by atoms with E-state index < -0.39 is 0 Å². The molecule has 1 N–H and O–H groups in total. The monoisotopic (exact) mass is 500 g/mol. The maximum Gasteiger partial charge on any atom is 0.244 e. The van der Waals surface area contributed by atoms with E-state index in [0.29, 0.717) is 23.7 Å². The summed E-state index contributed by atoms with van der Waals surface area (Å²) in [5, 5.41) is 6.42. The van der Waals surface area contributed by atoms with Gasteiger partial charge in [-0.05, 0) is 42.8 Å². The average molecular weight is 501 g/mol. The van der Waals surface area contributed by atoms with Gasteiger partial charge >= 0.3 is 0 Å². The van der Waals surface area contributed by atoms with Crippen LogP contribution < -0.4 is 10.1 Å². The first-order valence-electron chi connectivity index (χ1n) is 10.6. The SMILES string of the molecule is CC(=O)c1ccc(-c2cc(Cl)c3c(c2)CC(CNC(=O)/C=C/c2csc(C(C)(C)C)n2)O3)s1. The second-order valence-electron chi connectivity index (χ2n) is 9.02. The van der Waals surface area contributed by atoms with Crippen LogP contribution in [-0.2, 0) is 16.6 Å². The van der Waals surface area contributed by atoms with Gasteiger partial charge in [-0.3, -0.25) is 9.59 Å². The number of nitrogens with one attached hydrogen (secondary N) is 1. The number of benzene rings is 1. The topological polar surface area (TPSA) is 68.3 Å². The lowest BCUT2D eigenvalue weighted by Gasteiger charge is -2.13. The summed E-state index contributed by atoms with van der Waals surface area (Å²) in [5.74, 6) is 0.522. The molecule has 0 fully saturated rings. The van der Waals surface area contributed by atoms with E-state index in [1.54, 1.807) is 24.3 Å². The smallest absolute Gasteiger partial charge is 0.244 e. The molecule has 1 aliphatic rings. The summed E-state index contributed by atoms with van der Waals surface area (Å²) in [6.45, 7) is 8.29. The number of aromatic nitrogens is 1. The Morgan fingerprint density at radius 1 is 1.30 bits per heavy atom. The van der Waals surface area contributed by atoms with Gasteiger partial charge in [0.2, 0.25) is 5.91 Å². The number of ketones is 1. The van der Waals surface area contributed by atoms with Crippen LogP contribution in [0.15, 0.2) is 35.7 Å². The number of Topliss-reactive ketones (excluding diaryl/α,β-unsaturated/α-hetero) is 1. The molecule has 0 aliphatic carbocycles. The predicted molar refractivity (Wildman–Crippen MR) is 136 cm³/mol. The van der Waals surface area contributed by atoms with Crippen molar-refractivity contribution in [1.82, 2.24) is 10.3 Å². The van der Waals surface area contributed by atoms with Crippen LogP contribution in [-0.4, -0.2) is 29.3 Å². The maximum absolute atomic E-state index is 12.3. The molecule has 2 aromatic heterocycles. The van der Waals surface area contributed by atoms with Gasteiger partial charge < -0.3 is 10.1 Å². The number of fused-ring (bicyclic) bond motifs is 1. The molecule has 1 aliphatic heterocycles. The summed E-state index contributed by atoms with van der Waals surface area (Å²) in [4.78, 5) is 30.2. The fraction of sp³-hybridized carbons (Fsp3) is 0.320. The van der Waals surface area contributed by atoms with Crippen LogP contribution in [0.2, 0.25) is 5.02 Å². The van der Waals surface area contributed by atoms with Crippen LogP contribution in [0, 0.1) is 0 Å². The standard InChI is InChI=1S/C25H25ClN2O3S2/c1-14(29)20-6-7-21(33-20)15-9-16-10-18(31-23(16)19(26)11-15)12-27-22(30)8-5-17-13-32-24(28-17)25(2,3)4/h5-9,11,13,18H,10,12H2,1-4H3,(H,27,30)/b8-5+. The Labute approximate surface area is 206 Å². The molecule has 3 heterocycles. The van der Waals surface area contributed by atoms with Gasteiger partial charge in [-0.25, -0.2) is 4.98 Å². The van der Waals surface area contributed by atoms with Gasteiger partial charge in [-0.1, -0.05) is 32.4 Å². The second kappa shape index (κ2) is 9.41. The summed E-state index contributed by atoms with van der Waals surface area (Å²) in [6.07, 6.45) is 3.69. The fourth-order valence-electron chi connectivity index (χ4n) is 3.47. The average Bonchev–Trinajstić information content (AvgIpc) is 3.49. The summed E-state index contributed by atoms with van der Waals surface area (Å²) in [6, 6.07) is 7.68. The van der Waals surface area contributed by atoms with Crippen molar-refractivity contribution in [1.29, 1.82) is 0 Å². The number of thiophene rings is 1. The van der Waals surface area contributed by atoms with Crippen molar-refractivity contribution in [2.24, 2.45) is 0 Å². The van der Waals surface area contributed by atoms with Crippen molar-refractivity contribution >= 4 is 52.0 Å². The van der Waals surface area contributed by atoms with Gasteiger partial charge in [-0.15, -0.1) is 22.7 Å². The molecule has 1 atom stereocenters. The summed E-state index contributed by atoms with van der Waals surface area (Å²) >= 11 is 9.53. The van der Waals surface area contributed by atoms with E-state index in [-0.39, 0.29) is 23.2 Å². The zero-order chi connectivity index (χ0) is 23.8. The molecule has 1 unspecified atom stereocenters. The van der Waals surface area contributed by atoms with E-state index in [0.717, 1.165) is 31.6 Å². The van der Waals surface area contributed by atoms with Crippen LogP contribution in [0.1, 0.15) is 53.6 Å². The number of hydrogen-bond donors (Lipinski definition) is 1. The molecule has 0 saturated carbocycles. The lowest BCUT2D eigenvalue weighted by Crippen LogP contribution is -2.33. The molecule has 1 amide bonds. The number of nitrogens with zero attached hydrogens (tertiary/aromatic N) is 1. The van der Waals surface area contributed by atoms with Crippen molar-refractivity contribution < 1.29 is 14.3 Å². The molecule has 4 rings (SSSR count). The highest BCUT2D eigenvalue weighted by molar-refractivity contribution is 7.17. The largest absolute Gasteiger partial charge is 0.486 e. The molecule has 3 aromatic rings. The first-order chi connectivity index (χ1) is 15.6. The summed E-state index contributed by atoms with van der Waals surface area (Å²) in [5.41, 5.74) is 2.74. The second-order valence-corrected chi connectivity index (χ2v) is 11.4. The molecule has 0 saturated heterocycles. The summed E-state index contributed by atoms with van der Waals surface area (Å²) < 4.78 is 5.99. The molecule has 0 spiro atoms. The van der Waals surface area contributed by atoms with Crippen molar-refractivity contribution in [3.05, 3.63) is 61.9 Å². The van der Waals surface area contributed by atoms with Gasteiger partial charge in [-0.2, -0.15) is 0 Å². The Bertz CT molecular complexity index is 1240. The van der Waals surface area contributed by atoms with E-state index in [2.05, 4.69) is 31.1 Å². The van der Waals surface area contributed by atoms with E-state index in [4.69, 9.17) is 16.3 Å². The number of amides is 1. The van der Waals surface area contributed by atoms with Crippen LogP contribution in [0.5, 0.6) is 5.75 Å². The van der Waals surface area contributed by atoms with Crippen LogP contribution >= 0.6 is 34.3 Å². The zero-order valence-electron chi connectivity index (χ0n) is 18.9. The minimum atomic E-state index is -0.193. The predicted octanol–water partition coefficient (Wildman–Crippen LogP) is 6.16. The van der Waals surface area contributed by atoms with E-state index in [1.165, 1.54) is 17.4 Å². The van der Waals surface area contributed by atoms with E-state index in [1.807, 2.05) is 29.6 Å². The van der Waals surface area contributed by atoms with Gasteiger partial charge in [0.1, 0.15) is 11.9 Å². The Morgan fingerprint density at radius 2 is 2.09 bits per heavy atom. The first kappa shape index (κ1) is 23.7. The third kappa shape index (κ3) is 5.54. The highest BCUT2D eigenvalue weighted by Crippen LogP contribution is 2.41. The molecule has 33 heavy (non-hydrogen) atoms. The molecular formula is C25H25ClN2O3S2. The Kier molecular flexibility index (Phi) is 6.75. The normalized spacial score (nSPS) is 15.5. The molecule has 5 nitrogen and oxygen atoms in total. The van der Waals surface area contributed by atoms with Crippen LogP contribution in [0.25, 0.3) is 16.5 Å². The lowest BCUT2D eigenvalue weighted by molar-refractivity contribution is -0.116. The Balaban J connectivity index is 1.36. The van der Waals surface area contributed by atoms with E-state index >= 15 is 0 Å². The fourth-order valence-corrected chi connectivity index (χ4v) is 5.51. The molecule has 1 aromatic carbocycles. The molecule has 172 valence electrons. The van der Waals surface area contributed by atoms with Crippen molar-refractivity contribution in [3.63, 3.8) is 0 Å². The first-order valence-corrected chi connectivity index (χ1v) is 12.7. The maximum atomic E-state index is 12.3. The molecule has 0 bridgehead atoms. The summed E-state index contributed by atoms with van der Waals surface area (Å²) in [7, 11) is 0. The van der Waals surface area contributed by atoms with E-state index in [9.17, 15) is 9.59 Å². The molecule has 8 heteroatoms. The molecule has 0 radical (unpaired) electrons. The van der Waals surface area contributed by atoms with Crippen molar-refractivity contribution in [3.8, 4) is 16.2 Å². The van der Waals surface area contributed by atoms with Crippen molar-refractivity contribution in [2.75, 3.05) is 6.54 Å². The van der Waals surface area contributed by atoms with Gasteiger partial charge in [0.25, 0.3) is 0 Å². The minimum absolute atomic E-state index is 0.00576. The number of carbonyl (C=O) groups excluding carboxylic acids is 2. The number of halogens is 1. The van der Waals surface area contributed by atoms with Gasteiger partial charge in [0.15, 0.2) is 5.78 Å². The zero-order valence-corrected chi connectivity index (χ0v) is 21.3. The minimum Gasteiger partial charge on any atom is -0.486 e.